The lowest BCUT2D eigenvalue weighted by atomic mass is 9.52. The van der Waals surface area contributed by atoms with Gasteiger partial charge in [0.25, 0.3) is 0 Å². The molecule has 3 nitrogen and oxygen atoms in total. The highest BCUT2D eigenvalue weighted by atomic mass is 16.6. The van der Waals surface area contributed by atoms with Crippen molar-refractivity contribution in [2.24, 2.45) is 22.7 Å². The molecule has 1 aliphatic heterocycles. The maximum atomic E-state index is 11.9. The van der Waals surface area contributed by atoms with Crippen LogP contribution in [-0.2, 0) is 14.3 Å². The van der Waals surface area contributed by atoms with E-state index in [1.54, 1.807) is 12.7 Å². The molecule has 4 aliphatic carbocycles. The van der Waals surface area contributed by atoms with Crippen molar-refractivity contribution in [1.29, 1.82) is 0 Å². The van der Waals surface area contributed by atoms with Crippen LogP contribution < -0.4 is 0 Å². The summed E-state index contributed by atoms with van der Waals surface area (Å²) in [5, 5.41) is 0. The maximum Gasteiger partial charge on any atom is 0.306 e. The van der Waals surface area contributed by atoms with Crippen molar-refractivity contribution in [1.82, 2.24) is 0 Å². The largest absolute Gasteiger partial charge is 0.501 e. The third kappa shape index (κ3) is 1.92. The molecule has 140 valence electrons. The number of hydrogen-bond donors (Lipinski definition) is 0. The Morgan fingerprint density at radius 2 is 2.00 bits per heavy atom. The van der Waals surface area contributed by atoms with Gasteiger partial charge in [-0.05, 0) is 62.0 Å². The molecule has 26 heavy (non-hydrogen) atoms. The predicted molar refractivity (Wildman–Crippen MR) is 100 cm³/mol. The Kier molecular flexibility index (Phi) is 3.37. The summed E-state index contributed by atoms with van der Waals surface area (Å²) in [5.74, 6) is 2.38. The Morgan fingerprint density at radius 1 is 1.15 bits per heavy atom. The van der Waals surface area contributed by atoms with Crippen molar-refractivity contribution in [2.45, 2.75) is 70.8 Å². The topological polar surface area (TPSA) is 35.5 Å². The Labute approximate surface area is 156 Å². The quantitative estimate of drug-likeness (QED) is 0.486. The standard InChI is InChI=1S/C23H30O3/c1-21-10-6-16(25-3)14-15(21)4-5-17-18(21)7-11-22(2)19(17)8-12-23(22)13-9-20(24)26-23/h4,7,14,17,19H,5-6,8-13H2,1-3H3/t17-,19+,21+,22+,23-/m1/s1. The van der Waals surface area contributed by atoms with E-state index in [0.29, 0.717) is 18.3 Å². The molecular weight excluding hydrogens is 324 g/mol. The molecule has 0 N–H and O–H groups in total. The number of allylic oxidation sites excluding steroid dienone is 6. The summed E-state index contributed by atoms with van der Waals surface area (Å²) in [4.78, 5) is 11.9. The van der Waals surface area contributed by atoms with Crippen LogP contribution in [0.15, 0.2) is 35.1 Å². The van der Waals surface area contributed by atoms with Gasteiger partial charge in [-0.15, -0.1) is 0 Å². The molecule has 1 saturated heterocycles. The maximum absolute atomic E-state index is 11.9. The molecule has 0 aromatic heterocycles. The molecule has 1 saturated carbocycles. The van der Waals surface area contributed by atoms with Crippen LogP contribution in [0.5, 0.6) is 0 Å². The van der Waals surface area contributed by atoms with Gasteiger partial charge in [0, 0.05) is 23.7 Å². The van der Waals surface area contributed by atoms with E-state index in [1.807, 2.05) is 0 Å². The summed E-state index contributed by atoms with van der Waals surface area (Å²) >= 11 is 0. The lowest BCUT2D eigenvalue weighted by Crippen LogP contribution is -2.50. The van der Waals surface area contributed by atoms with Gasteiger partial charge in [-0.2, -0.15) is 0 Å². The molecule has 1 spiro atoms. The number of carbonyl (C=O) groups excluding carboxylic acids is 1. The van der Waals surface area contributed by atoms with Crippen LogP contribution in [-0.4, -0.2) is 18.7 Å². The molecule has 0 amide bonds. The molecule has 5 rings (SSSR count). The Hall–Kier alpha value is -1.51. The van der Waals surface area contributed by atoms with Gasteiger partial charge in [-0.1, -0.05) is 31.6 Å². The molecular formula is C23H30O3. The van der Waals surface area contributed by atoms with Crippen LogP contribution in [0.1, 0.15) is 65.2 Å². The van der Waals surface area contributed by atoms with Gasteiger partial charge < -0.3 is 9.47 Å². The second kappa shape index (κ2) is 5.27. The minimum atomic E-state index is -0.197. The van der Waals surface area contributed by atoms with Crippen LogP contribution in [0.2, 0.25) is 0 Å². The van der Waals surface area contributed by atoms with E-state index in [2.05, 4.69) is 32.1 Å². The third-order valence-electron chi connectivity index (χ3n) is 8.71. The summed E-state index contributed by atoms with van der Waals surface area (Å²) in [6.45, 7) is 4.84. The van der Waals surface area contributed by atoms with Gasteiger partial charge in [0.05, 0.1) is 12.9 Å². The summed E-state index contributed by atoms with van der Waals surface area (Å²) in [6, 6.07) is 0. The SMILES string of the molecule is COC1=CC2=CC[C@@H]3C(=CC[C@@]4(C)[C@H]3CC[C@@]43CCC(=O)O3)[C@@]2(C)CC1. The first kappa shape index (κ1) is 16.6. The average Bonchev–Trinajstić information content (AvgIpc) is 3.15. The molecule has 0 unspecified atom stereocenters. The lowest BCUT2D eigenvalue weighted by molar-refractivity contribution is -0.160. The minimum Gasteiger partial charge on any atom is -0.501 e. The van der Waals surface area contributed by atoms with Gasteiger partial charge in [-0.25, -0.2) is 0 Å². The number of ether oxygens (including phenoxy) is 2. The van der Waals surface area contributed by atoms with E-state index in [-0.39, 0.29) is 22.4 Å². The van der Waals surface area contributed by atoms with Gasteiger partial charge in [0.1, 0.15) is 5.60 Å². The number of fused-ring (bicyclic) bond motifs is 6. The van der Waals surface area contributed by atoms with Crippen LogP contribution >= 0.6 is 0 Å². The van der Waals surface area contributed by atoms with Crippen molar-refractivity contribution in [3.05, 3.63) is 35.1 Å². The molecule has 5 atom stereocenters. The van der Waals surface area contributed by atoms with E-state index in [4.69, 9.17) is 9.47 Å². The van der Waals surface area contributed by atoms with Crippen molar-refractivity contribution in [3.8, 4) is 0 Å². The first-order chi connectivity index (χ1) is 12.4. The van der Waals surface area contributed by atoms with Gasteiger partial charge in [-0.3, -0.25) is 4.79 Å². The highest BCUT2D eigenvalue weighted by molar-refractivity contribution is 5.72. The van der Waals surface area contributed by atoms with Gasteiger partial charge in [0.2, 0.25) is 0 Å². The highest BCUT2D eigenvalue weighted by Gasteiger charge is 2.65. The van der Waals surface area contributed by atoms with E-state index in [1.165, 1.54) is 12.0 Å². The number of methoxy groups -OCH3 is 1. The van der Waals surface area contributed by atoms with E-state index in [9.17, 15) is 4.79 Å². The Bertz CT molecular complexity index is 759. The number of rotatable bonds is 1. The van der Waals surface area contributed by atoms with Gasteiger partial charge >= 0.3 is 5.97 Å². The summed E-state index contributed by atoms with van der Waals surface area (Å²) in [5.41, 5.74) is 3.18. The molecule has 0 aromatic carbocycles. The lowest BCUT2D eigenvalue weighted by Gasteiger charge is -2.53. The zero-order chi connectivity index (χ0) is 18.2. The zero-order valence-corrected chi connectivity index (χ0v) is 16.3. The van der Waals surface area contributed by atoms with Crippen LogP contribution in [0.4, 0.5) is 0 Å². The second-order valence-electron chi connectivity index (χ2n) is 9.54. The van der Waals surface area contributed by atoms with Crippen LogP contribution in [0, 0.1) is 22.7 Å². The molecule has 3 heteroatoms. The van der Waals surface area contributed by atoms with Crippen LogP contribution in [0.3, 0.4) is 0 Å². The second-order valence-corrected chi connectivity index (χ2v) is 9.54. The van der Waals surface area contributed by atoms with E-state index >= 15 is 0 Å². The molecule has 0 bridgehead atoms. The summed E-state index contributed by atoms with van der Waals surface area (Å²) < 4.78 is 11.5. The monoisotopic (exact) mass is 354 g/mol. The number of hydrogen-bond acceptors (Lipinski definition) is 3. The fourth-order valence-electron chi connectivity index (χ4n) is 7.06. The van der Waals surface area contributed by atoms with E-state index in [0.717, 1.165) is 44.3 Å². The fraction of sp³-hybridized carbons (Fsp3) is 0.696. The van der Waals surface area contributed by atoms with Crippen molar-refractivity contribution in [2.75, 3.05) is 7.11 Å². The average molecular weight is 354 g/mol. The molecule has 1 heterocycles. The first-order valence-electron chi connectivity index (χ1n) is 10.3. The summed E-state index contributed by atoms with van der Waals surface area (Å²) in [7, 11) is 1.78. The van der Waals surface area contributed by atoms with Crippen molar-refractivity contribution in [3.63, 3.8) is 0 Å². The normalized spacial score (nSPS) is 46.6. The fourth-order valence-corrected chi connectivity index (χ4v) is 7.06. The minimum absolute atomic E-state index is 0.0175. The van der Waals surface area contributed by atoms with Crippen molar-refractivity contribution < 1.29 is 14.3 Å². The number of carbonyl (C=O) groups is 1. The Morgan fingerprint density at radius 3 is 2.73 bits per heavy atom. The molecule has 0 aromatic rings. The first-order valence-corrected chi connectivity index (χ1v) is 10.3. The molecule has 2 fully saturated rings. The van der Waals surface area contributed by atoms with Gasteiger partial charge in [0.15, 0.2) is 0 Å². The van der Waals surface area contributed by atoms with Crippen molar-refractivity contribution >= 4 is 5.97 Å². The highest BCUT2D eigenvalue weighted by Crippen LogP contribution is 2.67. The summed E-state index contributed by atoms with van der Waals surface area (Å²) in [6.07, 6.45) is 15.4. The molecule has 5 aliphatic rings. The molecule has 0 radical (unpaired) electrons. The third-order valence-corrected chi connectivity index (χ3v) is 8.71. The predicted octanol–water partition coefficient (Wildman–Crippen LogP) is 5.09. The Balaban J connectivity index is 1.53. The van der Waals surface area contributed by atoms with E-state index < -0.39 is 0 Å². The smallest absolute Gasteiger partial charge is 0.306 e. The van der Waals surface area contributed by atoms with Crippen LogP contribution in [0.25, 0.3) is 0 Å². The number of esters is 1. The zero-order valence-electron chi connectivity index (χ0n) is 16.3.